The number of ether oxygens (including phenoxy) is 7. The molecule has 0 saturated carbocycles. The van der Waals surface area contributed by atoms with Gasteiger partial charge in [0.15, 0.2) is 17.8 Å². The van der Waals surface area contributed by atoms with E-state index in [0.717, 1.165) is 19.3 Å². The molecule has 1 unspecified atom stereocenters. The van der Waals surface area contributed by atoms with Crippen LogP contribution in [0.5, 0.6) is 28.7 Å². The van der Waals surface area contributed by atoms with Crippen molar-refractivity contribution in [2.45, 2.75) is 30.4 Å². The maximum atomic E-state index is 13.4. The largest absolute Gasteiger partial charge is 0.497 e. The fourth-order valence-electron chi connectivity index (χ4n) is 4.06. The Balaban J connectivity index is 1.73. The molecule has 42 heavy (non-hydrogen) atoms. The number of benzene rings is 3. The van der Waals surface area contributed by atoms with Crippen molar-refractivity contribution in [1.29, 1.82) is 0 Å². The quantitative estimate of drug-likeness (QED) is 0.189. The predicted octanol–water partition coefficient (Wildman–Crippen LogP) is 5.66. The summed E-state index contributed by atoms with van der Waals surface area (Å²) in [6.45, 7) is 0.834. The van der Waals surface area contributed by atoms with Gasteiger partial charge in [-0.15, -0.1) is 0 Å². The van der Waals surface area contributed by atoms with E-state index >= 15 is 0 Å². The van der Waals surface area contributed by atoms with Gasteiger partial charge in [-0.1, -0.05) is 11.6 Å². The molecule has 226 valence electrons. The molecule has 0 spiro atoms. The van der Waals surface area contributed by atoms with Gasteiger partial charge in [0.2, 0.25) is 0 Å². The lowest BCUT2D eigenvalue weighted by atomic mass is 10.1. The smallest absolute Gasteiger partial charge is 0.338 e. The molecule has 0 radical (unpaired) electrons. The fraction of sp³-hybridized carbons (Fsp3) is 0.345. The van der Waals surface area contributed by atoms with Crippen molar-refractivity contribution in [3.05, 3.63) is 65.2 Å². The summed E-state index contributed by atoms with van der Waals surface area (Å²) in [5.74, 6) is 0.353. The van der Waals surface area contributed by atoms with E-state index in [4.69, 9.17) is 44.8 Å². The number of nitrogens with one attached hydrogen (secondary N) is 1. The Morgan fingerprint density at radius 3 is 2.36 bits per heavy atom. The van der Waals surface area contributed by atoms with Gasteiger partial charge < -0.3 is 33.2 Å². The fourth-order valence-corrected chi connectivity index (χ4v) is 5.27. The van der Waals surface area contributed by atoms with Crippen molar-refractivity contribution in [3.8, 4) is 28.7 Å². The number of esters is 1. The predicted molar refractivity (Wildman–Crippen MR) is 155 cm³/mol. The third-order valence-corrected chi connectivity index (χ3v) is 7.92. The Hall–Kier alpha value is -3.71. The average Bonchev–Trinajstić information content (AvgIpc) is 3.01. The van der Waals surface area contributed by atoms with E-state index in [-0.39, 0.29) is 57.9 Å². The van der Waals surface area contributed by atoms with Crippen molar-refractivity contribution in [2.24, 2.45) is 0 Å². The first-order chi connectivity index (χ1) is 20.2. The number of hydrogen-bond acceptors (Lipinski definition) is 10. The normalized spacial score (nSPS) is 15.0. The maximum Gasteiger partial charge on any atom is 0.338 e. The first-order valence-corrected chi connectivity index (χ1v) is 14.9. The van der Waals surface area contributed by atoms with Crippen LogP contribution >= 0.6 is 11.6 Å². The second-order valence-electron chi connectivity index (χ2n) is 9.04. The minimum Gasteiger partial charge on any atom is -0.497 e. The van der Waals surface area contributed by atoms with E-state index in [1.165, 1.54) is 63.8 Å². The van der Waals surface area contributed by atoms with Gasteiger partial charge in [0.25, 0.3) is 10.0 Å². The van der Waals surface area contributed by atoms with Crippen LogP contribution in [0.15, 0.2) is 59.5 Å². The third-order valence-electron chi connectivity index (χ3n) is 6.22. The minimum absolute atomic E-state index is 0.0144. The van der Waals surface area contributed by atoms with Crippen molar-refractivity contribution in [1.82, 2.24) is 0 Å². The molecular formula is C29H32ClNO10S. The van der Waals surface area contributed by atoms with Gasteiger partial charge >= 0.3 is 5.97 Å². The zero-order valence-electron chi connectivity index (χ0n) is 23.4. The van der Waals surface area contributed by atoms with Gasteiger partial charge in [-0.3, -0.25) is 4.72 Å². The van der Waals surface area contributed by atoms with E-state index in [2.05, 4.69) is 4.72 Å². The van der Waals surface area contributed by atoms with Crippen LogP contribution in [0.25, 0.3) is 0 Å². The number of sulfonamides is 1. The molecular weight excluding hydrogens is 590 g/mol. The number of halogens is 1. The second-order valence-corrected chi connectivity index (χ2v) is 11.1. The molecule has 1 N–H and O–H groups in total. The summed E-state index contributed by atoms with van der Waals surface area (Å²) in [4.78, 5) is 12.5. The van der Waals surface area contributed by atoms with Crippen LogP contribution in [0.3, 0.4) is 0 Å². The summed E-state index contributed by atoms with van der Waals surface area (Å²) < 4.78 is 68.1. The lowest BCUT2D eigenvalue weighted by Crippen LogP contribution is -2.24. The summed E-state index contributed by atoms with van der Waals surface area (Å²) in [6.07, 6.45) is 2.43. The zero-order chi connectivity index (χ0) is 30.1. The third kappa shape index (κ3) is 7.97. The van der Waals surface area contributed by atoms with E-state index in [1.54, 1.807) is 12.1 Å². The SMILES string of the molecule is COC(=O)c1cc(NS(=O)(=O)c2ccc(OC)cc2)c(Oc2cc(OC)ccc2Cl)c(OCCOC2CCCCO2)c1. The van der Waals surface area contributed by atoms with Gasteiger partial charge in [-0.05, 0) is 67.8 Å². The lowest BCUT2D eigenvalue weighted by Gasteiger charge is -2.23. The van der Waals surface area contributed by atoms with Gasteiger partial charge in [-0.25, -0.2) is 13.2 Å². The molecule has 1 atom stereocenters. The van der Waals surface area contributed by atoms with Gasteiger partial charge in [0.05, 0.1) is 49.1 Å². The molecule has 0 aromatic heterocycles. The minimum atomic E-state index is -4.17. The number of methoxy groups -OCH3 is 3. The van der Waals surface area contributed by atoms with Crippen LogP contribution in [0.4, 0.5) is 5.69 Å². The van der Waals surface area contributed by atoms with E-state index in [1.807, 2.05) is 0 Å². The van der Waals surface area contributed by atoms with Crippen LogP contribution < -0.4 is 23.7 Å². The topological polar surface area (TPSA) is 128 Å². The monoisotopic (exact) mass is 621 g/mol. The van der Waals surface area contributed by atoms with Crippen molar-refractivity contribution in [2.75, 3.05) is 45.9 Å². The van der Waals surface area contributed by atoms with Gasteiger partial charge in [0, 0.05) is 12.7 Å². The van der Waals surface area contributed by atoms with Crippen molar-refractivity contribution < 1.29 is 46.4 Å². The molecule has 0 amide bonds. The van der Waals surface area contributed by atoms with E-state index in [9.17, 15) is 13.2 Å². The molecule has 0 bridgehead atoms. The van der Waals surface area contributed by atoms with Crippen LogP contribution in [-0.2, 0) is 24.2 Å². The highest BCUT2D eigenvalue weighted by molar-refractivity contribution is 7.92. The number of hydrogen-bond donors (Lipinski definition) is 1. The molecule has 1 fully saturated rings. The molecule has 1 aliphatic heterocycles. The summed E-state index contributed by atoms with van der Waals surface area (Å²) in [5, 5.41) is 0.223. The summed E-state index contributed by atoms with van der Waals surface area (Å²) >= 11 is 6.40. The number of carbonyl (C=O) groups is 1. The second kappa shape index (κ2) is 14.5. The first kappa shape index (κ1) is 31.2. The van der Waals surface area contributed by atoms with Gasteiger partial charge in [0.1, 0.15) is 23.9 Å². The summed E-state index contributed by atoms with van der Waals surface area (Å²) in [5.41, 5.74) is -0.0836. The highest BCUT2D eigenvalue weighted by atomic mass is 35.5. The Morgan fingerprint density at radius 2 is 1.69 bits per heavy atom. The van der Waals surface area contributed by atoms with E-state index in [0.29, 0.717) is 18.1 Å². The lowest BCUT2D eigenvalue weighted by molar-refractivity contribution is -0.165. The molecule has 3 aromatic rings. The Labute approximate surface area is 249 Å². The van der Waals surface area contributed by atoms with Crippen molar-refractivity contribution in [3.63, 3.8) is 0 Å². The Bertz CT molecular complexity index is 1470. The molecule has 1 saturated heterocycles. The van der Waals surface area contributed by atoms with Crippen LogP contribution in [0, 0.1) is 0 Å². The molecule has 13 heteroatoms. The molecule has 3 aromatic carbocycles. The average molecular weight is 622 g/mol. The van der Waals surface area contributed by atoms with Gasteiger partial charge in [-0.2, -0.15) is 0 Å². The summed E-state index contributed by atoms with van der Waals surface area (Å²) in [6, 6.07) is 13.2. The molecule has 1 heterocycles. The zero-order valence-corrected chi connectivity index (χ0v) is 25.0. The van der Waals surface area contributed by atoms with Crippen molar-refractivity contribution >= 4 is 33.3 Å². The van der Waals surface area contributed by atoms with Crippen LogP contribution in [0.2, 0.25) is 5.02 Å². The van der Waals surface area contributed by atoms with Crippen LogP contribution in [0.1, 0.15) is 29.6 Å². The summed E-state index contributed by atoms with van der Waals surface area (Å²) in [7, 11) is -0.00534. The molecule has 4 rings (SSSR count). The van der Waals surface area contributed by atoms with Crippen LogP contribution in [-0.4, -0.2) is 61.8 Å². The Morgan fingerprint density at radius 1 is 0.952 bits per heavy atom. The highest BCUT2D eigenvalue weighted by Gasteiger charge is 2.24. The number of rotatable bonds is 13. The maximum absolute atomic E-state index is 13.4. The standard InChI is InChI=1S/C29H32ClNO10S/c1-35-20-7-10-22(11-8-20)42(33,34)31-24-16-19(29(32)37-3)17-26(38-14-15-40-27-6-4-5-13-39-27)28(24)41-25-18-21(36-2)9-12-23(25)30/h7-12,16-18,27,31H,4-6,13-15H2,1-3H3. The molecule has 1 aliphatic rings. The molecule has 11 nitrogen and oxygen atoms in total. The van der Waals surface area contributed by atoms with E-state index < -0.39 is 16.0 Å². The molecule has 0 aliphatic carbocycles. The highest BCUT2D eigenvalue weighted by Crippen LogP contribution is 2.44. The number of carbonyl (C=O) groups excluding carboxylic acids is 1. The number of anilines is 1. The first-order valence-electron chi connectivity index (χ1n) is 13.0. The Kier molecular flexibility index (Phi) is 10.7.